The van der Waals surface area contributed by atoms with Crippen molar-refractivity contribution in [3.63, 3.8) is 0 Å². The largest absolute Gasteiger partial charge is 0.322 e. The zero-order chi connectivity index (χ0) is 13.8. The van der Waals surface area contributed by atoms with Gasteiger partial charge in [0, 0.05) is 22.9 Å². The number of carbonyl (C=O) groups excluding carboxylic acids is 1. The van der Waals surface area contributed by atoms with Crippen LogP contribution in [0.1, 0.15) is 15.9 Å². The topological polar surface area (TPSA) is 72.2 Å². The number of carbonyl (C=O) groups is 1. The van der Waals surface area contributed by atoms with Gasteiger partial charge in [0.15, 0.2) is 0 Å². The van der Waals surface area contributed by atoms with Gasteiger partial charge in [-0.25, -0.2) is 0 Å². The van der Waals surface area contributed by atoms with Crippen LogP contribution in [0, 0.1) is 17.0 Å². The Morgan fingerprint density at radius 1 is 1.11 bits per heavy atom. The molecule has 0 radical (unpaired) electrons. The van der Waals surface area contributed by atoms with Gasteiger partial charge in [-0.1, -0.05) is 24.3 Å². The van der Waals surface area contributed by atoms with Crippen LogP contribution in [-0.4, -0.2) is 10.8 Å². The zero-order valence-corrected chi connectivity index (χ0v) is 10.3. The summed E-state index contributed by atoms with van der Waals surface area (Å²) >= 11 is 0. The maximum absolute atomic E-state index is 12.1. The van der Waals surface area contributed by atoms with Crippen LogP contribution in [0.2, 0.25) is 0 Å². The molecule has 19 heavy (non-hydrogen) atoms. The predicted octanol–water partition coefficient (Wildman–Crippen LogP) is 3.16. The quantitative estimate of drug-likeness (QED) is 0.677. The molecular formula is C14H12N2O3. The fraction of sp³-hybridized carbons (Fsp3) is 0.0714. The molecule has 0 saturated heterocycles. The van der Waals surface area contributed by atoms with Crippen molar-refractivity contribution >= 4 is 17.3 Å². The van der Waals surface area contributed by atoms with Gasteiger partial charge in [-0.15, -0.1) is 0 Å². The van der Waals surface area contributed by atoms with E-state index in [4.69, 9.17) is 0 Å². The number of anilines is 1. The molecule has 0 heterocycles. The van der Waals surface area contributed by atoms with E-state index in [1.807, 2.05) is 6.07 Å². The third kappa shape index (κ3) is 2.77. The number of rotatable bonds is 3. The van der Waals surface area contributed by atoms with Crippen LogP contribution >= 0.6 is 0 Å². The lowest BCUT2D eigenvalue weighted by atomic mass is 10.1. The van der Waals surface area contributed by atoms with Crippen molar-refractivity contribution in [3.05, 3.63) is 69.8 Å². The first kappa shape index (κ1) is 12.8. The van der Waals surface area contributed by atoms with Gasteiger partial charge in [0.25, 0.3) is 11.6 Å². The summed E-state index contributed by atoms with van der Waals surface area (Å²) < 4.78 is 0. The number of nitrogens with one attached hydrogen (secondary N) is 1. The number of nitro groups is 1. The third-order valence-corrected chi connectivity index (χ3v) is 2.78. The van der Waals surface area contributed by atoms with E-state index in [2.05, 4.69) is 5.32 Å². The summed E-state index contributed by atoms with van der Waals surface area (Å²) in [5.74, 6) is -0.354. The lowest BCUT2D eigenvalue weighted by Crippen LogP contribution is -2.13. The minimum atomic E-state index is -0.491. The summed E-state index contributed by atoms with van der Waals surface area (Å²) in [7, 11) is 0. The molecule has 1 N–H and O–H groups in total. The molecule has 96 valence electrons. The number of para-hydroxylation sites is 1. The van der Waals surface area contributed by atoms with Crippen molar-refractivity contribution in [2.75, 3.05) is 5.32 Å². The van der Waals surface area contributed by atoms with Crippen molar-refractivity contribution in [2.24, 2.45) is 0 Å². The minimum absolute atomic E-state index is 0.0549. The molecule has 0 aliphatic rings. The average molecular weight is 256 g/mol. The van der Waals surface area contributed by atoms with Gasteiger partial charge in [-0.2, -0.15) is 0 Å². The molecular weight excluding hydrogens is 244 g/mol. The van der Waals surface area contributed by atoms with Crippen molar-refractivity contribution in [2.45, 2.75) is 6.92 Å². The summed E-state index contributed by atoms with van der Waals surface area (Å²) in [6, 6.07) is 13.4. The van der Waals surface area contributed by atoms with E-state index < -0.39 is 4.92 Å². The van der Waals surface area contributed by atoms with Gasteiger partial charge in [-0.3, -0.25) is 14.9 Å². The lowest BCUT2D eigenvalue weighted by Gasteiger charge is -2.07. The lowest BCUT2D eigenvalue weighted by molar-refractivity contribution is -0.385. The molecule has 2 rings (SSSR count). The smallest absolute Gasteiger partial charge is 0.273 e. The SMILES string of the molecule is Cc1c(C(=O)Nc2ccccc2)cccc1[N+](=O)[O-]. The molecule has 0 saturated carbocycles. The van der Waals surface area contributed by atoms with E-state index in [1.165, 1.54) is 12.1 Å². The fourth-order valence-corrected chi connectivity index (χ4v) is 1.79. The fourth-order valence-electron chi connectivity index (χ4n) is 1.79. The summed E-state index contributed by atoms with van der Waals surface area (Å²) in [6.45, 7) is 1.57. The van der Waals surface area contributed by atoms with E-state index in [0.29, 0.717) is 16.8 Å². The monoisotopic (exact) mass is 256 g/mol. The van der Waals surface area contributed by atoms with E-state index in [1.54, 1.807) is 37.3 Å². The average Bonchev–Trinajstić information content (AvgIpc) is 2.39. The first-order valence-corrected chi connectivity index (χ1v) is 5.70. The Balaban J connectivity index is 2.30. The standard InChI is InChI=1S/C14H12N2O3/c1-10-12(8-5-9-13(10)16(18)19)14(17)15-11-6-3-2-4-7-11/h2-9H,1H3,(H,15,17). The molecule has 1 amide bonds. The Morgan fingerprint density at radius 2 is 1.79 bits per heavy atom. The summed E-state index contributed by atoms with van der Waals surface area (Å²) in [5.41, 5.74) is 1.26. The minimum Gasteiger partial charge on any atom is -0.322 e. The third-order valence-electron chi connectivity index (χ3n) is 2.78. The zero-order valence-electron chi connectivity index (χ0n) is 10.3. The number of nitro benzene ring substituents is 1. The van der Waals surface area contributed by atoms with Crippen molar-refractivity contribution in [3.8, 4) is 0 Å². The first-order chi connectivity index (χ1) is 9.09. The van der Waals surface area contributed by atoms with E-state index >= 15 is 0 Å². The van der Waals surface area contributed by atoms with Crippen LogP contribution in [0.15, 0.2) is 48.5 Å². The van der Waals surface area contributed by atoms with E-state index in [-0.39, 0.29) is 11.6 Å². The Kier molecular flexibility index (Phi) is 3.56. The number of hydrogen-bond acceptors (Lipinski definition) is 3. The molecule has 0 aromatic heterocycles. The Labute approximate surface area is 110 Å². The maximum atomic E-state index is 12.1. The summed E-state index contributed by atoms with van der Waals surface area (Å²) in [4.78, 5) is 22.4. The molecule has 0 fully saturated rings. The summed E-state index contributed by atoms with van der Waals surface area (Å²) in [6.07, 6.45) is 0. The number of hydrogen-bond donors (Lipinski definition) is 1. The molecule has 2 aromatic carbocycles. The van der Waals surface area contributed by atoms with Crippen molar-refractivity contribution < 1.29 is 9.72 Å². The molecule has 0 bridgehead atoms. The Bertz CT molecular complexity index is 624. The Hall–Kier alpha value is -2.69. The molecule has 2 aromatic rings. The highest BCUT2D eigenvalue weighted by molar-refractivity contribution is 6.05. The van der Waals surface area contributed by atoms with Gasteiger partial charge in [-0.05, 0) is 25.1 Å². The molecule has 5 nitrogen and oxygen atoms in total. The van der Waals surface area contributed by atoms with Gasteiger partial charge in [0.05, 0.1) is 4.92 Å². The van der Waals surface area contributed by atoms with Gasteiger partial charge in [0.2, 0.25) is 0 Å². The summed E-state index contributed by atoms with van der Waals surface area (Å²) in [5, 5.41) is 13.5. The second-order valence-electron chi connectivity index (χ2n) is 4.03. The number of nitrogens with zero attached hydrogens (tertiary/aromatic N) is 1. The molecule has 0 aliphatic carbocycles. The highest BCUT2D eigenvalue weighted by Crippen LogP contribution is 2.21. The van der Waals surface area contributed by atoms with E-state index in [9.17, 15) is 14.9 Å². The van der Waals surface area contributed by atoms with Crippen LogP contribution < -0.4 is 5.32 Å². The van der Waals surface area contributed by atoms with Gasteiger partial charge >= 0.3 is 0 Å². The van der Waals surface area contributed by atoms with Crippen LogP contribution in [0.25, 0.3) is 0 Å². The highest BCUT2D eigenvalue weighted by Gasteiger charge is 2.17. The Morgan fingerprint density at radius 3 is 2.42 bits per heavy atom. The van der Waals surface area contributed by atoms with Crippen LogP contribution in [0.3, 0.4) is 0 Å². The molecule has 0 spiro atoms. The normalized spacial score (nSPS) is 9.95. The van der Waals surface area contributed by atoms with Crippen molar-refractivity contribution in [1.29, 1.82) is 0 Å². The second-order valence-corrected chi connectivity index (χ2v) is 4.03. The van der Waals surface area contributed by atoms with Crippen LogP contribution in [-0.2, 0) is 0 Å². The van der Waals surface area contributed by atoms with Crippen molar-refractivity contribution in [1.82, 2.24) is 0 Å². The van der Waals surface area contributed by atoms with Crippen LogP contribution in [0.5, 0.6) is 0 Å². The van der Waals surface area contributed by atoms with Crippen LogP contribution in [0.4, 0.5) is 11.4 Å². The molecule has 0 unspecified atom stereocenters. The molecule has 0 atom stereocenters. The number of benzene rings is 2. The molecule has 5 heteroatoms. The molecule has 0 aliphatic heterocycles. The number of amides is 1. The predicted molar refractivity (Wildman–Crippen MR) is 72.2 cm³/mol. The van der Waals surface area contributed by atoms with E-state index in [0.717, 1.165) is 0 Å². The highest BCUT2D eigenvalue weighted by atomic mass is 16.6. The van der Waals surface area contributed by atoms with Gasteiger partial charge in [0.1, 0.15) is 0 Å². The van der Waals surface area contributed by atoms with Gasteiger partial charge < -0.3 is 5.32 Å². The maximum Gasteiger partial charge on any atom is 0.273 e. The second kappa shape index (κ2) is 5.30. The first-order valence-electron chi connectivity index (χ1n) is 5.70.